The molecule has 0 aliphatic rings. The highest BCUT2D eigenvalue weighted by molar-refractivity contribution is 9.10. The average Bonchev–Trinajstić information content (AvgIpc) is 3.15. The number of hydrogen-bond donors (Lipinski definition) is 1. The van der Waals surface area contributed by atoms with Crippen LogP contribution in [0.15, 0.2) is 58.4 Å². The van der Waals surface area contributed by atoms with Gasteiger partial charge >= 0.3 is 0 Å². The molecule has 0 atom stereocenters. The molecular weight excluding hydrogens is 452 g/mol. The Morgan fingerprint density at radius 3 is 2.86 bits per heavy atom. The van der Waals surface area contributed by atoms with Gasteiger partial charge in [-0.3, -0.25) is 4.79 Å². The highest BCUT2D eigenvalue weighted by Gasteiger charge is 2.03. The van der Waals surface area contributed by atoms with E-state index in [0.29, 0.717) is 13.2 Å². The first kappa shape index (κ1) is 21.1. The number of methoxy groups -OCH3 is 1. The van der Waals surface area contributed by atoms with Crippen molar-refractivity contribution in [3.8, 4) is 11.5 Å². The van der Waals surface area contributed by atoms with E-state index >= 15 is 0 Å². The maximum Gasteiger partial charge on any atom is 0.244 e. The molecule has 0 fully saturated rings. The molecule has 1 N–H and O–H groups in total. The van der Waals surface area contributed by atoms with Crippen molar-refractivity contribution in [2.45, 2.75) is 20.1 Å². The van der Waals surface area contributed by atoms with Crippen LogP contribution in [-0.4, -0.2) is 18.0 Å². The van der Waals surface area contributed by atoms with Crippen molar-refractivity contribution >= 4 is 39.2 Å². The van der Waals surface area contributed by atoms with E-state index < -0.39 is 0 Å². The van der Waals surface area contributed by atoms with Crippen LogP contribution in [0.5, 0.6) is 11.5 Å². The summed E-state index contributed by atoms with van der Waals surface area (Å²) >= 11 is 5.05. The third kappa shape index (κ3) is 6.44. The lowest BCUT2D eigenvalue weighted by Gasteiger charge is -2.07. The van der Waals surface area contributed by atoms with E-state index in [1.165, 1.54) is 6.08 Å². The minimum Gasteiger partial charge on any atom is -0.496 e. The zero-order valence-electron chi connectivity index (χ0n) is 16.1. The lowest BCUT2D eigenvalue weighted by atomic mass is 10.2. The molecule has 1 aromatic heterocycles. The third-order valence-electron chi connectivity index (χ3n) is 4.02. The Bertz CT molecular complexity index is 1020. The maximum atomic E-state index is 12.1. The van der Waals surface area contributed by atoms with E-state index in [2.05, 4.69) is 26.2 Å². The monoisotopic (exact) mass is 472 g/mol. The summed E-state index contributed by atoms with van der Waals surface area (Å²) in [5.41, 5.74) is 2.78. The summed E-state index contributed by atoms with van der Waals surface area (Å²) in [4.78, 5) is 16.5. The van der Waals surface area contributed by atoms with Gasteiger partial charge in [-0.2, -0.15) is 0 Å². The zero-order chi connectivity index (χ0) is 20.6. The smallest absolute Gasteiger partial charge is 0.244 e. The van der Waals surface area contributed by atoms with Gasteiger partial charge in [0, 0.05) is 18.0 Å². The lowest BCUT2D eigenvalue weighted by Crippen LogP contribution is -2.20. The van der Waals surface area contributed by atoms with Crippen molar-refractivity contribution in [3.63, 3.8) is 0 Å². The van der Waals surface area contributed by atoms with Crippen molar-refractivity contribution in [2.75, 3.05) is 7.11 Å². The maximum absolute atomic E-state index is 12.1. The van der Waals surface area contributed by atoms with Gasteiger partial charge in [0.25, 0.3) is 0 Å². The number of aryl methyl sites for hydroxylation is 1. The van der Waals surface area contributed by atoms with Crippen LogP contribution in [0, 0.1) is 6.92 Å². The van der Waals surface area contributed by atoms with Crippen molar-refractivity contribution in [1.82, 2.24) is 10.3 Å². The van der Waals surface area contributed by atoms with E-state index in [4.69, 9.17) is 9.47 Å². The summed E-state index contributed by atoms with van der Waals surface area (Å²) in [7, 11) is 1.62. The molecule has 0 bridgehead atoms. The van der Waals surface area contributed by atoms with Gasteiger partial charge in [-0.1, -0.05) is 18.2 Å². The second-order valence-corrected chi connectivity index (χ2v) is 8.16. The molecule has 2 aromatic carbocycles. The molecule has 7 heteroatoms. The summed E-state index contributed by atoms with van der Waals surface area (Å²) in [6.45, 7) is 2.83. The normalized spacial score (nSPS) is 10.9. The van der Waals surface area contributed by atoms with Crippen molar-refractivity contribution in [2.24, 2.45) is 0 Å². The Morgan fingerprint density at radius 2 is 2.14 bits per heavy atom. The number of rotatable bonds is 8. The van der Waals surface area contributed by atoms with Gasteiger partial charge in [0.15, 0.2) is 0 Å². The fourth-order valence-electron chi connectivity index (χ4n) is 2.58. The summed E-state index contributed by atoms with van der Waals surface area (Å²) in [6, 6.07) is 13.3. The molecule has 3 rings (SSSR count). The summed E-state index contributed by atoms with van der Waals surface area (Å²) in [6.07, 6.45) is 3.28. The van der Waals surface area contributed by atoms with E-state index in [1.54, 1.807) is 24.5 Å². The summed E-state index contributed by atoms with van der Waals surface area (Å²) < 4.78 is 11.8. The number of aromatic nitrogens is 1. The molecule has 0 unspecified atom stereocenters. The number of carbonyl (C=O) groups excluding carboxylic acids is 1. The topological polar surface area (TPSA) is 60.5 Å². The van der Waals surface area contributed by atoms with E-state index in [9.17, 15) is 4.79 Å². The van der Waals surface area contributed by atoms with Crippen molar-refractivity contribution in [3.05, 3.63) is 80.2 Å². The van der Waals surface area contributed by atoms with Gasteiger partial charge in [0.1, 0.15) is 18.1 Å². The highest BCUT2D eigenvalue weighted by Crippen LogP contribution is 2.25. The van der Waals surface area contributed by atoms with Gasteiger partial charge in [-0.05, 0) is 64.3 Å². The number of nitrogens with zero attached hydrogens (tertiary/aromatic N) is 1. The second kappa shape index (κ2) is 10.2. The number of ether oxygens (including phenoxy) is 2. The predicted molar refractivity (Wildman–Crippen MR) is 119 cm³/mol. The highest BCUT2D eigenvalue weighted by atomic mass is 79.9. The van der Waals surface area contributed by atoms with E-state index in [1.807, 2.05) is 54.8 Å². The molecule has 0 spiro atoms. The number of amides is 1. The molecule has 1 amide bonds. The van der Waals surface area contributed by atoms with Crippen LogP contribution in [-0.2, 0) is 17.9 Å². The number of nitrogens with one attached hydrogen (secondary N) is 1. The van der Waals surface area contributed by atoms with Gasteiger partial charge in [-0.15, -0.1) is 11.3 Å². The second-order valence-electron chi connectivity index (χ2n) is 6.24. The molecule has 1 heterocycles. The van der Waals surface area contributed by atoms with Gasteiger partial charge in [0.05, 0.1) is 22.3 Å². The van der Waals surface area contributed by atoms with E-state index in [-0.39, 0.29) is 5.91 Å². The van der Waals surface area contributed by atoms with E-state index in [0.717, 1.165) is 37.8 Å². The first-order valence-corrected chi connectivity index (χ1v) is 10.6. The first-order chi connectivity index (χ1) is 14.0. The average molecular weight is 473 g/mol. The molecule has 150 valence electrons. The number of thiazole rings is 1. The Kier molecular flexibility index (Phi) is 7.43. The molecule has 3 aromatic rings. The largest absolute Gasteiger partial charge is 0.496 e. The number of hydrogen-bond acceptors (Lipinski definition) is 5. The Labute approximate surface area is 182 Å². The van der Waals surface area contributed by atoms with Crippen LogP contribution in [0.4, 0.5) is 0 Å². The zero-order valence-corrected chi connectivity index (χ0v) is 18.5. The molecule has 0 aliphatic carbocycles. The summed E-state index contributed by atoms with van der Waals surface area (Å²) in [5.74, 6) is 1.33. The van der Waals surface area contributed by atoms with Gasteiger partial charge in [-0.25, -0.2) is 4.98 Å². The SMILES string of the molecule is COc1ccc(CNC(=O)/C=C/c2cccc(OCc3csc(C)n3)c2)cc1Br. The van der Waals surface area contributed by atoms with Gasteiger partial charge < -0.3 is 14.8 Å². The Balaban J connectivity index is 1.52. The number of carbonyl (C=O) groups is 1. The molecule has 0 radical (unpaired) electrons. The Hall–Kier alpha value is -2.64. The molecule has 0 saturated heterocycles. The first-order valence-electron chi connectivity index (χ1n) is 8.95. The fraction of sp³-hybridized carbons (Fsp3) is 0.182. The molecule has 29 heavy (non-hydrogen) atoms. The number of halogens is 1. The van der Waals surface area contributed by atoms with Crippen LogP contribution in [0.3, 0.4) is 0 Å². The van der Waals surface area contributed by atoms with Crippen LogP contribution in [0.2, 0.25) is 0 Å². The fourth-order valence-corrected chi connectivity index (χ4v) is 3.77. The van der Waals surface area contributed by atoms with Crippen LogP contribution in [0.1, 0.15) is 21.8 Å². The Morgan fingerprint density at radius 1 is 1.28 bits per heavy atom. The molecule has 0 aliphatic heterocycles. The predicted octanol–water partition coefficient (Wildman–Crippen LogP) is 5.13. The van der Waals surface area contributed by atoms with Crippen LogP contribution in [0.25, 0.3) is 6.08 Å². The quantitative estimate of drug-likeness (QED) is 0.461. The minimum absolute atomic E-state index is 0.166. The van der Waals surface area contributed by atoms with Crippen molar-refractivity contribution in [1.29, 1.82) is 0 Å². The summed E-state index contributed by atoms with van der Waals surface area (Å²) in [5, 5.41) is 5.88. The minimum atomic E-state index is -0.166. The molecule has 5 nitrogen and oxygen atoms in total. The van der Waals surface area contributed by atoms with Crippen LogP contribution < -0.4 is 14.8 Å². The van der Waals surface area contributed by atoms with Gasteiger partial charge in [0.2, 0.25) is 5.91 Å². The van der Waals surface area contributed by atoms with Crippen LogP contribution >= 0.6 is 27.3 Å². The molecule has 0 saturated carbocycles. The number of benzene rings is 2. The lowest BCUT2D eigenvalue weighted by molar-refractivity contribution is -0.116. The third-order valence-corrected chi connectivity index (χ3v) is 5.46. The van der Waals surface area contributed by atoms with Crippen molar-refractivity contribution < 1.29 is 14.3 Å². The molecular formula is C22H21BrN2O3S. The standard InChI is InChI=1S/C22H21BrN2O3S/c1-15-25-18(14-29-15)13-28-19-5-3-4-16(10-19)7-9-22(26)24-12-17-6-8-21(27-2)20(23)11-17/h3-11,14H,12-13H2,1-2H3,(H,24,26)/b9-7+.